The first-order valence-corrected chi connectivity index (χ1v) is 6.33. The minimum atomic E-state index is -0.516. The summed E-state index contributed by atoms with van der Waals surface area (Å²) in [4.78, 5) is 12.1. The molecule has 0 spiro atoms. The molecule has 0 aromatic heterocycles. The van der Waals surface area contributed by atoms with Crippen molar-refractivity contribution in [1.82, 2.24) is 0 Å². The van der Waals surface area contributed by atoms with Gasteiger partial charge in [-0.05, 0) is 42.8 Å². The zero-order valence-corrected chi connectivity index (χ0v) is 11.5. The number of ether oxygens (including phenoxy) is 1. The highest BCUT2D eigenvalue weighted by molar-refractivity contribution is 6.04. The van der Waals surface area contributed by atoms with Crippen molar-refractivity contribution in [3.05, 3.63) is 59.7 Å². The van der Waals surface area contributed by atoms with Gasteiger partial charge in [-0.25, -0.2) is 0 Å². The van der Waals surface area contributed by atoms with Gasteiger partial charge in [0.25, 0.3) is 5.91 Å². The molecular formula is C16H17NO3. The lowest BCUT2D eigenvalue weighted by atomic mass is 10.1. The van der Waals surface area contributed by atoms with Crippen molar-refractivity contribution in [1.29, 1.82) is 0 Å². The number of hydrogen-bond acceptors (Lipinski definition) is 3. The molecule has 0 saturated heterocycles. The van der Waals surface area contributed by atoms with Gasteiger partial charge in [0.15, 0.2) is 0 Å². The fraction of sp³-hybridized carbons (Fsp3) is 0.188. The maximum Gasteiger partial charge on any atom is 0.255 e. The Labute approximate surface area is 118 Å². The molecule has 0 fully saturated rings. The normalized spacial score (nSPS) is 11.8. The van der Waals surface area contributed by atoms with Crippen molar-refractivity contribution >= 4 is 11.6 Å². The molecule has 2 rings (SSSR count). The Morgan fingerprint density at radius 3 is 2.50 bits per heavy atom. The number of nitrogens with one attached hydrogen (secondary N) is 1. The molecule has 104 valence electrons. The quantitative estimate of drug-likeness (QED) is 0.898. The second-order valence-corrected chi connectivity index (χ2v) is 4.48. The van der Waals surface area contributed by atoms with E-state index in [9.17, 15) is 9.90 Å². The van der Waals surface area contributed by atoms with Crippen molar-refractivity contribution in [2.45, 2.75) is 13.0 Å². The molecule has 20 heavy (non-hydrogen) atoms. The van der Waals surface area contributed by atoms with Crippen LogP contribution >= 0.6 is 0 Å². The van der Waals surface area contributed by atoms with Crippen molar-refractivity contribution in [3.63, 3.8) is 0 Å². The monoisotopic (exact) mass is 271 g/mol. The van der Waals surface area contributed by atoms with E-state index in [2.05, 4.69) is 5.32 Å². The molecule has 0 saturated carbocycles. The SMILES string of the molecule is COc1cccc(C(=O)Nc2ccc([C@H](C)O)cc2)c1. The molecule has 0 heterocycles. The fourth-order valence-electron chi connectivity index (χ4n) is 1.81. The standard InChI is InChI=1S/C16H17NO3/c1-11(18)12-6-8-14(9-7-12)17-16(19)13-4-3-5-15(10-13)20-2/h3-11,18H,1-2H3,(H,17,19)/t11-/m0/s1. The van der Waals surface area contributed by atoms with Gasteiger partial charge in [-0.3, -0.25) is 4.79 Å². The first-order valence-electron chi connectivity index (χ1n) is 6.33. The highest BCUT2D eigenvalue weighted by Gasteiger charge is 2.07. The van der Waals surface area contributed by atoms with E-state index < -0.39 is 6.10 Å². The third kappa shape index (κ3) is 3.36. The zero-order valence-electron chi connectivity index (χ0n) is 11.5. The minimum Gasteiger partial charge on any atom is -0.497 e. The number of aliphatic hydroxyl groups excluding tert-OH is 1. The maximum absolute atomic E-state index is 12.1. The second kappa shape index (κ2) is 6.21. The summed E-state index contributed by atoms with van der Waals surface area (Å²) in [5.74, 6) is 0.441. The smallest absolute Gasteiger partial charge is 0.255 e. The van der Waals surface area contributed by atoms with E-state index in [4.69, 9.17) is 4.74 Å². The van der Waals surface area contributed by atoms with Crippen molar-refractivity contribution in [2.75, 3.05) is 12.4 Å². The Morgan fingerprint density at radius 1 is 1.20 bits per heavy atom. The number of rotatable bonds is 4. The maximum atomic E-state index is 12.1. The highest BCUT2D eigenvalue weighted by atomic mass is 16.5. The zero-order chi connectivity index (χ0) is 14.5. The first-order chi connectivity index (χ1) is 9.60. The molecule has 0 bridgehead atoms. The molecule has 1 atom stereocenters. The van der Waals surface area contributed by atoms with Gasteiger partial charge >= 0.3 is 0 Å². The molecule has 2 N–H and O–H groups in total. The number of benzene rings is 2. The van der Waals surface area contributed by atoms with E-state index in [0.29, 0.717) is 17.0 Å². The van der Waals surface area contributed by atoms with Gasteiger partial charge < -0.3 is 15.2 Å². The van der Waals surface area contributed by atoms with E-state index in [1.807, 2.05) is 0 Å². The molecule has 0 aliphatic heterocycles. The van der Waals surface area contributed by atoms with E-state index in [1.54, 1.807) is 62.6 Å². The number of amides is 1. The van der Waals surface area contributed by atoms with Gasteiger partial charge in [0.05, 0.1) is 13.2 Å². The summed E-state index contributed by atoms with van der Waals surface area (Å²) >= 11 is 0. The third-order valence-electron chi connectivity index (χ3n) is 2.98. The predicted octanol–water partition coefficient (Wildman–Crippen LogP) is 3.00. The summed E-state index contributed by atoms with van der Waals surface area (Å²) in [7, 11) is 1.56. The number of carbonyl (C=O) groups excluding carboxylic acids is 1. The van der Waals surface area contributed by atoms with Crippen LogP contribution in [0.5, 0.6) is 5.75 Å². The lowest BCUT2D eigenvalue weighted by Crippen LogP contribution is -2.11. The van der Waals surface area contributed by atoms with Gasteiger partial charge in [0.2, 0.25) is 0 Å². The van der Waals surface area contributed by atoms with Gasteiger partial charge in [-0.1, -0.05) is 18.2 Å². The Morgan fingerprint density at radius 2 is 1.90 bits per heavy atom. The molecular weight excluding hydrogens is 254 g/mol. The molecule has 0 aliphatic rings. The van der Waals surface area contributed by atoms with Crippen molar-refractivity contribution in [3.8, 4) is 5.75 Å². The molecule has 4 nitrogen and oxygen atoms in total. The Balaban J connectivity index is 2.10. The average Bonchev–Trinajstić information content (AvgIpc) is 2.47. The van der Waals surface area contributed by atoms with Crippen LogP contribution in [0.15, 0.2) is 48.5 Å². The summed E-state index contributed by atoms with van der Waals surface area (Å²) in [6.07, 6.45) is -0.516. The van der Waals surface area contributed by atoms with Crippen LogP contribution in [0, 0.1) is 0 Å². The number of anilines is 1. The molecule has 0 unspecified atom stereocenters. The Kier molecular flexibility index (Phi) is 4.38. The average molecular weight is 271 g/mol. The number of aliphatic hydroxyl groups is 1. The minimum absolute atomic E-state index is 0.200. The third-order valence-corrected chi connectivity index (χ3v) is 2.98. The van der Waals surface area contributed by atoms with E-state index >= 15 is 0 Å². The van der Waals surface area contributed by atoms with Gasteiger partial charge in [0, 0.05) is 11.3 Å². The number of hydrogen-bond donors (Lipinski definition) is 2. The molecule has 0 radical (unpaired) electrons. The van der Waals surface area contributed by atoms with Crippen LogP contribution in [-0.2, 0) is 0 Å². The topological polar surface area (TPSA) is 58.6 Å². The lowest BCUT2D eigenvalue weighted by Gasteiger charge is -2.08. The van der Waals surface area contributed by atoms with E-state index in [-0.39, 0.29) is 5.91 Å². The molecule has 0 aliphatic carbocycles. The highest BCUT2D eigenvalue weighted by Crippen LogP contribution is 2.17. The molecule has 2 aromatic rings. The number of methoxy groups -OCH3 is 1. The van der Waals surface area contributed by atoms with Crippen LogP contribution in [0.25, 0.3) is 0 Å². The predicted molar refractivity (Wildman–Crippen MR) is 78.0 cm³/mol. The fourth-order valence-corrected chi connectivity index (χ4v) is 1.81. The van der Waals surface area contributed by atoms with Gasteiger partial charge in [-0.15, -0.1) is 0 Å². The summed E-state index contributed by atoms with van der Waals surface area (Å²) in [5.41, 5.74) is 2.02. The van der Waals surface area contributed by atoms with Crippen LogP contribution in [0.1, 0.15) is 28.9 Å². The summed E-state index contributed by atoms with van der Waals surface area (Å²) < 4.78 is 5.09. The second-order valence-electron chi connectivity index (χ2n) is 4.48. The molecule has 1 amide bonds. The summed E-state index contributed by atoms with van der Waals surface area (Å²) in [6, 6.07) is 14.1. The summed E-state index contributed by atoms with van der Waals surface area (Å²) in [5, 5.41) is 12.2. The Hall–Kier alpha value is -2.33. The van der Waals surface area contributed by atoms with Gasteiger partial charge in [0.1, 0.15) is 5.75 Å². The van der Waals surface area contributed by atoms with E-state index in [0.717, 1.165) is 5.56 Å². The van der Waals surface area contributed by atoms with E-state index in [1.165, 1.54) is 0 Å². The van der Waals surface area contributed by atoms with Crippen molar-refractivity contribution < 1.29 is 14.6 Å². The van der Waals surface area contributed by atoms with Crippen LogP contribution < -0.4 is 10.1 Å². The Bertz CT molecular complexity index is 591. The first kappa shape index (κ1) is 14.1. The largest absolute Gasteiger partial charge is 0.497 e. The molecule has 2 aromatic carbocycles. The van der Waals surface area contributed by atoms with Gasteiger partial charge in [-0.2, -0.15) is 0 Å². The lowest BCUT2D eigenvalue weighted by molar-refractivity contribution is 0.102. The number of carbonyl (C=O) groups is 1. The van der Waals surface area contributed by atoms with Crippen LogP contribution in [0.3, 0.4) is 0 Å². The summed E-state index contributed by atoms with van der Waals surface area (Å²) in [6.45, 7) is 1.70. The van der Waals surface area contributed by atoms with Crippen LogP contribution in [0.2, 0.25) is 0 Å². The van der Waals surface area contributed by atoms with Crippen LogP contribution in [0.4, 0.5) is 5.69 Å². The van der Waals surface area contributed by atoms with Crippen LogP contribution in [-0.4, -0.2) is 18.1 Å². The van der Waals surface area contributed by atoms with Crippen molar-refractivity contribution in [2.24, 2.45) is 0 Å². The molecule has 4 heteroatoms.